The summed E-state index contributed by atoms with van der Waals surface area (Å²) in [7, 11) is -3.16. The van der Waals surface area contributed by atoms with Gasteiger partial charge >= 0.3 is 0 Å². The summed E-state index contributed by atoms with van der Waals surface area (Å²) in [4.78, 5) is 0. The smallest absolute Gasteiger partial charge is 0.214 e. The first-order valence-corrected chi connectivity index (χ1v) is 8.60. The highest BCUT2D eigenvalue weighted by molar-refractivity contribution is 7.89. The third-order valence-electron chi connectivity index (χ3n) is 3.76. The minimum absolute atomic E-state index is 0.0959. The second-order valence-electron chi connectivity index (χ2n) is 5.29. The van der Waals surface area contributed by atoms with Gasteiger partial charge in [0.05, 0.1) is 11.9 Å². The lowest BCUT2D eigenvalue weighted by Crippen LogP contribution is -2.34. The van der Waals surface area contributed by atoms with Gasteiger partial charge in [0.25, 0.3) is 0 Å². The molecule has 0 saturated carbocycles. The van der Waals surface area contributed by atoms with E-state index in [1.54, 1.807) is 0 Å². The molecular weight excluding hydrogens is 252 g/mol. The Labute approximate surface area is 110 Å². The van der Waals surface area contributed by atoms with E-state index in [0.29, 0.717) is 19.1 Å². The average molecular weight is 276 g/mol. The summed E-state index contributed by atoms with van der Waals surface area (Å²) >= 11 is 0. The lowest BCUT2D eigenvalue weighted by molar-refractivity contribution is 0.127. The normalized spacial score (nSPS) is 26.6. The van der Waals surface area contributed by atoms with E-state index in [0.717, 1.165) is 45.2 Å². The predicted molar refractivity (Wildman–Crippen MR) is 71.0 cm³/mol. The summed E-state index contributed by atoms with van der Waals surface area (Å²) in [6.45, 7) is 3.40. The molecular formula is C12H24N2O3S. The van der Waals surface area contributed by atoms with E-state index in [1.165, 1.54) is 0 Å². The first kappa shape index (κ1) is 14.2. The SMILES string of the molecule is O=S(=O)(CC1CCCO1)NCCC1CCNCC1. The Hall–Kier alpha value is -0.170. The van der Waals surface area contributed by atoms with Crippen molar-refractivity contribution >= 4 is 10.0 Å². The molecule has 2 fully saturated rings. The Balaban J connectivity index is 1.64. The largest absolute Gasteiger partial charge is 0.377 e. The monoisotopic (exact) mass is 276 g/mol. The van der Waals surface area contributed by atoms with Gasteiger partial charge in [-0.05, 0) is 51.1 Å². The molecule has 0 aliphatic carbocycles. The number of ether oxygens (including phenoxy) is 1. The number of sulfonamides is 1. The number of hydrogen-bond donors (Lipinski definition) is 2. The van der Waals surface area contributed by atoms with Crippen molar-refractivity contribution in [1.82, 2.24) is 10.0 Å². The second kappa shape index (κ2) is 6.84. The number of piperidine rings is 1. The van der Waals surface area contributed by atoms with Gasteiger partial charge in [0.2, 0.25) is 10.0 Å². The van der Waals surface area contributed by atoms with Crippen LogP contribution in [-0.2, 0) is 14.8 Å². The fourth-order valence-corrected chi connectivity index (χ4v) is 3.97. The molecule has 2 aliphatic heterocycles. The van der Waals surface area contributed by atoms with E-state index >= 15 is 0 Å². The molecule has 0 aromatic rings. The maximum absolute atomic E-state index is 11.8. The molecule has 0 radical (unpaired) electrons. The van der Waals surface area contributed by atoms with Crippen molar-refractivity contribution < 1.29 is 13.2 Å². The summed E-state index contributed by atoms with van der Waals surface area (Å²) in [5.74, 6) is 0.788. The van der Waals surface area contributed by atoms with Gasteiger partial charge in [0.15, 0.2) is 0 Å². The molecule has 2 aliphatic rings. The third-order valence-corrected chi connectivity index (χ3v) is 5.22. The van der Waals surface area contributed by atoms with Crippen molar-refractivity contribution in [2.24, 2.45) is 5.92 Å². The van der Waals surface area contributed by atoms with Gasteiger partial charge < -0.3 is 10.1 Å². The summed E-state index contributed by atoms with van der Waals surface area (Å²) in [6, 6.07) is 0. The first-order chi connectivity index (χ1) is 8.66. The Morgan fingerprint density at radius 1 is 1.22 bits per heavy atom. The topological polar surface area (TPSA) is 67.4 Å². The van der Waals surface area contributed by atoms with Crippen molar-refractivity contribution in [1.29, 1.82) is 0 Å². The van der Waals surface area contributed by atoms with Gasteiger partial charge in [-0.15, -0.1) is 0 Å². The lowest BCUT2D eigenvalue weighted by Gasteiger charge is -2.22. The average Bonchev–Trinajstić information content (AvgIpc) is 2.82. The molecule has 18 heavy (non-hydrogen) atoms. The highest BCUT2D eigenvalue weighted by Crippen LogP contribution is 2.16. The van der Waals surface area contributed by atoms with Crippen LogP contribution in [0.2, 0.25) is 0 Å². The number of hydrogen-bond acceptors (Lipinski definition) is 4. The van der Waals surface area contributed by atoms with Crippen LogP contribution in [-0.4, -0.2) is 46.5 Å². The van der Waals surface area contributed by atoms with Gasteiger partial charge in [-0.2, -0.15) is 0 Å². The van der Waals surface area contributed by atoms with Crippen LogP contribution in [0.3, 0.4) is 0 Å². The van der Waals surface area contributed by atoms with Crippen molar-refractivity contribution in [2.45, 2.75) is 38.2 Å². The molecule has 106 valence electrons. The second-order valence-corrected chi connectivity index (χ2v) is 7.14. The van der Waals surface area contributed by atoms with Crippen molar-refractivity contribution in [3.63, 3.8) is 0 Å². The minimum atomic E-state index is -3.16. The van der Waals surface area contributed by atoms with Crippen LogP contribution in [0.25, 0.3) is 0 Å². The fourth-order valence-electron chi connectivity index (χ4n) is 2.67. The van der Waals surface area contributed by atoms with Gasteiger partial charge in [-0.3, -0.25) is 0 Å². The number of nitrogens with one attached hydrogen (secondary N) is 2. The molecule has 2 rings (SSSR count). The van der Waals surface area contributed by atoms with Gasteiger partial charge in [0.1, 0.15) is 0 Å². The van der Waals surface area contributed by atoms with Crippen LogP contribution in [0.4, 0.5) is 0 Å². The quantitative estimate of drug-likeness (QED) is 0.740. The molecule has 0 amide bonds. The zero-order valence-electron chi connectivity index (χ0n) is 10.9. The molecule has 1 unspecified atom stereocenters. The maximum Gasteiger partial charge on any atom is 0.214 e. The predicted octanol–water partition coefficient (Wildman–Crippen LogP) is 0.475. The summed E-state index contributed by atoms with van der Waals surface area (Å²) in [5, 5.41) is 3.31. The Morgan fingerprint density at radius 3 is 2.67 bits per heavy atom. The van der Waals surface area contributed by atoms with Crippen molar-refractivity contribution in [3.05, 3.63) is 0 Å². The Kier molecular flexibility index (Phi) is 5.41. The molecule has 2 saturated heterocycles. The van der Waals surface area contributed by atoms with Gasteiger partial charge in [0, 0.05) is 13.2 Å². The molecule has 6 heteroatoms. The van der Waals surface area contributed by atoms with E-state index in [2.05, 4.69) is 10.0 Å². The van der Waals surface area contributed by atoms with Crippen LogP contribution in [0, 0.1) is 5.92 Å². The van der Waals surface area contributed by atoms with E-state index in [-0.39, 0.29) is 11.9 Å². The summed E-state index contributed by atoms with van der Waals surface area (Å²) in [6.07, 6.45) is 5.03. The zero-order chi connectivity index (χ0) is 12.8. The van der Waals surface area contributed by atoms with Crippen LogP contribution < -0.4 is 10.0 Å². The molecule has 1 atom stereocenters. The molecule has 0 bridgehead atoms. The van der Waals surface area contributed by atoms with E-state index in [1.807, 2.05) is 0 Å². The van der Waals surface area contributed by atoms with Crippen molar-refractivity contribution in [2.75, 3.05) is 32.0 Å². The third kappa shape index (κ3) is 4.84. The minimum Gasteiger partial charge on any atom is -0.377 e. The Bertz CT molecular complexity index is 333. The van der Waals surface area contributed by atoms with E-state index in [4.69, 9.17) is 4.74 Å². The number of rotatable bonds is 6. The first-order valence-electron chi connectivity index (χ1n) is 6.95. The molecule has 2 heterocycles. The zero-order valence-corrected chi connectivity index (χ0v) is 11.7. The van der Waals surface area contributed by atoms with E-state index < -0.39 is 10.0 Å². The fraction of sp³-hybridized carbons (Fsp3) is 1.00. The van der Waals surface area contributed by atoms with Crippen LogP contribution in [0.5, 0.6) is 0 Å². The molecule has 5 nitrogen and oxygen atoms in total. The Morgan fingerprint density at radius 2 is 2.00 bits per heavy atom. The highest BCUT2D eigenvalue weighted by Gasteiger charge is 2.23. The lowest BCUT2D eigenvalue weighted by atomic mass is 9.95. The van der Waals surface area contributed by atoms with Crippen LogP contribution >= 0.6 is 0 Å². The molecule has 0 aromatic heterocycles. The maximum atomic E-state index is 11.8. The molecule has 2 N–H and O–H groups in total. The van der Waals surface area contributed by atoms with E-state index in [9.17, 15) is 8.42 Å². The summed E-state index contributed by atoms with van der Waals surface area (Å²) in [5.41, 5.74) is 0. The van der Waals surface area contributed by atoms with Crippen molar-refractivity contribution in [3.8, 4) is 0 Å². The van der Waals surface area contributed by atoms with Gasteiger partial charge in [-0.1, -0.05) is 0 Å². The van der Waals surface area contributed by atoms with Crippen LogP contribution in [0.15, 0.2) is 0 Å². The van der Waals surface area contributed by atoms with Gasteiger partial charge in [-0.25, -0.2) is 13.1 Å². The molecule has 0 aromatic carbocycles. The molecule has 0 spiro atoms. The van der Waals surface area contributed by atoms with Crippen LogP contribution in [0.1, 0.15) is 32.1 Å². The summed E-state index contributed by atoms with van der Waals surface area (Å²) < 4.78 is 31.7. The standard InChI is InChI=1S/C12H24N2O3S/c15-18(16,10-12-2-1-9-17-12)14-8-5-11-3-6-13-7-4-11/h11-14H,1-10H2. The highest BCUT2D eigenvalue weighted by atomic mass is 32.2.